The molecule has 158 valence electrons. The quantitative estimate of drug-likeness (QED) is 0.636. The average molecular weight is 433 g/mol. The lowest BCUT2D eigenvalue weighted by Crippen LogP contribution is -2.65. The highest BCUT2D eigenvalue weighted by molar-refractivity contribution is 7.11. The summed E-state index contributed by atoms with van der Waals surface area (Å²) < 4.78 is 0. The van der Waals surface area contributed by atoms with E-state index in [2.05, 4.69) is 22.0 Å². The van der Waals surface area contributed by atoms with E-state index in [1.807, 2.05) is 63.7 Å². The van der Waals surface area contributed by atoms with E-state index in [0.29, 0.717) is 24.1 Å². The Bertz CT molecular complexity index is 1040. The van der Waals surface area contributed by atoms with Crippen LogP contribution in [0.4, 0.5) is 0 Å². The summed E-state index contributed by atoms with van der Waals surface area (Å²) >= 11 is 1.39. The van der Waals surface area contributed by atoms with Crippen molar-refractivity contribution in [1.82, 2.24) is 19.7 Å². The first-order chi connectivity index (χ1) is 15.2. The summed E-state index contributed by atoms with van der Waals surface area (Å²) in [6.07, 6.45) is 1.68. The molecule has 2 aromatic carbocycles. The van der Waals surface area contributed by atoms with Crippen LogP contribution < -0.4 is 0 Å². The van der Waals surface area contributed by atoms with Crippen molar-refractivity contribution >= 4 is 23.2 Å². The Morgan fingerprint density at radius 3 is 2.23 bits per heavy atom. The molecule has 0 spiro atoms. The summed E-state index contributed by atoms with van der Waals surface area (Å²) in [6, 6.07) is 20.2. The van der Waals surface area contributed by atoms with Gasteiger partial charge in [0.05, 0.1) is 6.04 Å². The number of rotatable bonds is 4. The summed E-state index contributed by atoms with van der Waals surface area (Å²) in [5, 5.41) is 2.38. The van der Waals surface area contributed by atoms with Crippen LogP contribution in [0.1, 0.15) is 31.8 Å². The van der Waals surface area contributed by atoms with Crippen molar-refractivity contribution in [2.75, 3.05) is 32.7 Å². The molecular formula is C24H24N4O2S. The zero-order valence-corrected chi connectivity index (χ0v) is 17.9. The Kier molecular flexibility index (Phi) is 5.53. The molecule has 2 aliphatic rings. The van der Waals surface area contributed by atoms with Crippen LogP contribution in [0, 0.1) is 0 Å². The molecule has 6 nitrogen and oxygen atoms in total. The molecule has 0 radical (unpaired) electrons. The third-order valence-corrected chi connectivity index (χ3v) is 6.91. The van der Waals surface area contributed by atoms with E-state index in [1.165, 1.54) is 16.9 Å². The molecule has 31 heavy (non-hydrogen) atoms. The van der Waals surface area contributed by atoms with Gasteiger partial charge in [0.25, 0.3) is 11.8 Å². The van der Waals surface area contributed by atoms with Crippen LogP contribution in [0.3, 0.4) is 0 Å². The van der Waals surface area contributed by atoms with Crippen LogP contribution in [0.5, 0.6) is 0 Å². The van der Waals surface area contributed by atoms with Crippen molar-refractivity contribution in [3.8, 4) is 0 Å². The predicted molar refractivity (Wildman–Crippen MR) is 120 cm³/mol. The number of thiazole rings is 1. The largest absolute Gasteiger partial charge is 0.335 e. The predicted octanol–water partition coefficient (Wildman–Crippen LogP) is 3.17. The molecule has 2 amide bonds. The van der Waals surface area contributed by atoms with Gasteiger partial charge in [0.15, 0.2) is 5.01 Å². The molecule has 1 unspecified atom stereocenters. The van der Waals surface area contributed by atoms with Crippen LogP contribution in [0.2, 0.25) is 0 Å². The van der Waals surface area contributed by atoms with E-state index in [1.54, 1.807) is 6.20 Å². The van der Waals surface area contributed by atoms with Crippen molar-refractivity contribution in [3.05, 3.63) is 88.4 Å². The Balaban J connectivity index is 1.30. The maximum Gasteiger partial charge on any atom is 0.282 e. The van der Waals surface area contributed by atoms with Gasteiger partial charge >= 0.3 is 0 Å². The summed E-state index contributed by atoms with van der Waals surface area (Å²) in [5.74, 6) is 0.0933. The summed E-state index contributed by atoms with van der Waals surface area (Å²) in [6.45, 7) is 3.53. The van der Waals surface area contributed by atoms with E-state index in [9.17, 15) is 9.59 Å². The topological polar surface area (TPSA) is 56.8 Å². The minimum absolute atomic E-state index is 0.00470. The number of carbonyl (C=O) groups is 2. The molecule has 0 saturated carbocycles. The van der Waals surface area contributed by atoms with Crippen LogP contribution >= 0.6 is 11.3 Å². The fourth-order valence-corrected chi connectivity index (χ4v) is 5.05. The number of hydrogen-bond donors (Lipinski definition) is 0. The number of amides is 2. The molecule has 1 atom stereocenters. The number of piperazine rings is 1. The summed E-state index contributed by atoms with van der Waals surface area (Å²) in [5.41, 5.74) is 1.94. The average Bonchev–Trinajstić information content (AvgIpc) is 3.34. The van der Waals surface area contributed by atoms with Gasteiger partial charge < -0.3 is 9.80 Å². The first-order valence-electron chi connectivity index (χ1n) is 10.5. The molecule has 2 aliphatic heterocycles. The lowest BCUT2D eigenvalue weighted by molar-refractivity contribution is -0.0186. The molecule has 0 bridgehead atoms. The molecular weight excluding hydrogens is 408 g/mol. The van der Waals surface area contributed by atoms with E-state index in [4.69, 9.17) is 0 Å². The Hall–Kier alpha value is -3.03. The third kappa shape index (κ3) is 3.98. The molecule has 5 rings (SSSR count). The monoisotopic (exact) mass is 432 g/mol. The number of hydrogen-bond acceptors (Lipinski definition) is 5. The van der Waals surface area contributed by atoms with Crippen LogP contribution in [0.25, 0.3) is 0 Å². The third-order valence-electron chi connectivity index (χ3n) is 6.15. The van der Waals surface area contributed by atoms with E-state index in [0.717, 1.165) is 25.2 Å². The molecule has 3 aromatic rings. The van der Waals surface area contributed by atoms with Gasteiger partial charge in [0.1, 0.15) is 0 Å². The van der Waals surface area contributed by atoms with Crippen LogP contribution in [0.15, 0.2) is 72.2 Å². The Morgan fingerprint density at radius 2 is 1.55 bits per heavy atom. The standard InChI is InChI=1S/C24H24N4O2S/c29-23(19-9-5-2-6-10-19)27-15-20(16-27)28-13-12-26(24(30)22-25-11-14-31-22)17-21(28)18-7-3-1-4-8-18/h1-11,14,20-21H,12-13,15-17H2. The normalized spacial score (nSPS) is 19.8. The minimum atomic E-state index is 0.00470. The molecule has 7 heteroatoms. The molecule has 3 heterocycles. The van der Waals surface area contributed by atoms with Gasteiger partial charge in [-0.25, -0.2) is 4.98 Å². The molecule has 2 saturated heterocycles. The Morgan fingerprint density at radius 1 is 0.839 bits per heavy atom. The fraction of sp³-hybridized carbons (Fsp3) is 0.292. The summed E-state index contributed by atoms with van der Waals surface area (Å²) in [7, 11) is 0. The maximum atomic E-state index is 12.9. The van der Waals surface area contributed by atoms with Crippen molar-refractivity contribution < 1.29 is 9.59 Å². The second kappa shape index (κ2) is 8.61. The van der Waals surface area contributed by atoms with E-state index >= 15 is 0 Å². The van der Waals surface area contributed by atoms with Crippen LogP contribution in [-0.2, 0) is 0 Å². The zero-order chi connectivity index (χ0) is 21.2. The fourth-order valence-electron chi connectivity index (χ4n) is 4.45. The highest BCUT2D eigenvalue weighted by Crippen LogP contribution is 2.31. The van der Waals surface area contributed by atoms with E-state index in [-0.39, 0.29) is 17.9 Å². The smallest absolute Gasteiger partial charge is 0.282 e. The van der Waals surface area contributed by atoms with E-state index < -0.39 is 0 Å². The van der Waals surface area contributed by atoms with Gasteiger partial charge in [0, 0.05) is 55.9 Å². The number of benzene rings is 2. The van der Waals surface area contributed by atoms with Crippen molar-refractivity contribution in [2.24, 2.45) is 0 Å². The number of aromatic nitrogens is 1. The van der Waals surface area contributed by atoms with Crippen LogP contribution in [-0.4, -0.2) is 70.3 Å². The molecule has 2 fully saturated rings. The highest BCUT2D eigenvalue weighted by Gasteiger charge is 2.41. The zero-order valence-electron chi connectivity index (χ0n) is 17.1. The SMILES string of the molecule is O=C(c1ccccc1)N1CC(N2CCN(C(=O)c3nccs3)CC2c2ccccc2)C1. The van der Waals surface area contributed by atoms with Crippen molar-refractivity contribution in [2.45, 2.75) is 12.1 Å². The maximum absolute atomic E-state index is 12.9. The van der Waals surface area contributed by atoms with Crippen molar-refractivity contribution in [1.29, 1.82) is 0 Å². The number of likely N-dealkylation sites (tertiary alicyclic amines) is 1. The first kappa shape index (κ1) is 19.9. The van der Waals surface area contributed by atoms with Gasteiger partial charge in [-0.3, -0.25) is 14.5 Å². The lowest BCUT2D eigenvalue weighted by Gasteiger charge is -2.51. The molecule has 1 aromatic heterocycles. The van der Waals surface area contributed by atoms with Gasteiger partial charge in [-0.1, -0.05) is 48.5 Å². The van der Waals surface area contributed by atoms with Gasteiger partial charge in [-0.05, 0) is 17.7 Å². The van der Waals surface area contributed by atoms with Gasteiger partial charge in [-0.2, -0.15) is 0 Å². The minimum Gasteiger partial charge on any atom is -0.335 e. The summed E-state index contributed by atoms with van der Waals surface area (Å²) in [4.78, 5) is 36.1. The molecule has 0 aliphatic carbocycles. The second-order valence-electron chi connectivity index (χ2n) is 7.98. The molecule has 0 N–H and O–H groups in total. The lowest BCUT2D eigenvalue weighted by atomic mass is 9.96. The number of carbonyl (C=O) groups excluding carboxylic acids is 2. The second-order valence-corrected chi connectivity index (χ2v) is 8.88. The first-order valence-corrected chi connectivity index (χ1v) is 11.4. The Labute approximate surface area is 185 Å². The van der Waals surface area contributed by atoms with Crippen molar-refractivity contribution in [3.63, 3.8) is 0 Å². The van der Waals surface area contributed by atoms with Gasteiger partial charge in [0.2, 0.25) is 0 Å². The highest BCUT2D eigenvalue weighted by atomic mass is 32.1. The number of nitrogens with zero attached hydrogens (tertiary/aromatic N) is 4. The van der Waals surface area contributed by atoms with Gasteiger partial charge in [-0.15, -0.1) is 11.3 Å².